The molecule has 3 aromatic rings. The highest BCUT2D eigenvalue weighted by atomic mass is 15.3. The number of hydrazone groups is 1. The van der Waals surface area contributed by atoms with Crippen LogP contribution in [0.1, 0.15) is 5.56 Å². The highest BCUT2D eigenvalue weighted by Crippen LogP contribution is 2.13. The van der Waals surface area contributed by atoms with Crippen LogP contribution in [0.15, 0.2) is 53.6 Å². The van der Waals surface area contributed by atoms with Gasteiger partial charge in [0, 0.05) is 19.8 Å². The predicted octanol–water partition coefficient (Wildman–Crippen LogP) is 3.07. The van der Waals surface area contributed by atoms with Crippen molar-refractivity contribution in [1.82, 2.24) is 9.97 Å². The van der Waals surface area contributed by atoms with Crippen molar-refractivity contribution in [1.29, 1.82) is 0 Å². The molecule has 2 aromatic carbocycles. The normalized spacial score (nSPS) is 11.1. The Morgan fingerprint density at radius 3 is 2.57 bits per heavy atom. The van der Waals surface area contributed by atoms with Gasteiger partial charge in [-0.2, -0.15) is 5.10 Å². The Labute approximate surface area is 123 Å². The molecule has 0 aliphatic rings. The van der Waals surface area contributed by atoms with Crippen LogP contribution in [0.4, 0.5) is 11.6 Å². The fourth-order valence-electron chi connectivity index (χ4n) is 2.03. The first kappa shape index (κ1) is 13.2. The molecule has 21 heavy (non-hydrogen) atoms. The summed E-state index contributed by atoms with van der Waals surface area (Å²) in [5, 5.41) is 4.20. The lowest BCUT2D eigenvalue weighted by Gasteiger charge is -2.11. The molecule has 0 radical (unpaired) electrons. The van der Waals surface area contributed by atoms with E-state index < -0.39 is 0 Å². The van der Waals surface area contributed by atoms with Crippen LogP contribution >= 0.6 is 0 Å². The number of aromatic nitrogens is 2. The van der Waals surface area contributed by atoms with Crippen molar-refractivity contribution >= 4 is 28.9 Å². The van der Waals surface area contributed by atoms with Gasteiger partial charge in [0.05, 0.1) is 17.2 Å². The van der Waals surface area contributed by atoms with Crippen molar-refractivity contribution < 1.29 is 0 Å². The van der Waals surface area contributed by atoms with Gasteiger partial charge >= 0.3 is 0 Å². The van der Waals surface area contributed by atoms with Gasteiger partial charge in [0.25, 0.3) is 0 Å². The Bertz CT molecular complexity index is 723. The van der Waals surface area contributed by atoms with E-state index in [2.05, 4.69) is 37.5 Å². The molecule has 5 heteroatoms. The lowest BCUT2D eigenvalue weighted by Crippen LogP contribution is -2.08. The van der Waals surface area contributed by atoms with E-state index in [0.717, 1.165) is 22.3 Å². The number of nitrogens with one attached hydrogen (secondary N) is 2. The molecule has 1 aromatic heterocycles. The van der Waals surface area contributed by atoms with Crippen molar-refractivity contribution in [2.24, 2.45) is 5.10 Å². The van der Waals surface area contributed by atoms with Crippen LogP contribution < -0.4 is 10.3 Å². The minimum absolute atomic E-state index is 0.636. The first-order valence-corrected chi connectivity index (χ1v) is 6.73. The maximum atomic E-state index is 4.39. The van der Waals surface area contributed by atoms with E-state index in [1.807, 2.05) is 50.5 Å². The maximum absolute atomic E-state index is 4.39. The average Bonchev–Trinajstić information content (AvgIpc) is 2.90. The van der Waals surface area contributed by atoms with Gasteiger partial charge in [-0.15, -0.1) is 0 Å². The van der Waals surface area contributed by atoms with Gasteiger partial charge < -0.3 is 9.88 Å². The summed E-state index contributed by atoms with van der Waals surface area (Å²) in [6, 6.07) is 16.0. The molecule has 3 rings (SSSR count). The van der Waals surface area contributed by atoms with Crippen molar-refractivity contribution in [3.05, 3.63) is 54.1 Å². The molecule has 1 heterocycles. The molecular formula is C16H17N5. The number of nitrogens with zero attached hydrogens (tertiary/aromatic N) is 3. The lowest BCUT2D eigenvalue weighted by molar-refractivity contribution is 1.13. The van der Waals surface area contributed by atoms with Crippen molar-refractivity contribution in [2.45, 2.75) is 0 Å². The molecular weight excluding hydrogens is 262 g/mol. The van der Waals surface area contributed by atoms with E-state index in [0.29, 0.717) is 5.95 Å². The van der Waals surface area contributed by atoms with Gasteiger partial charge in [0.2, 0.25) is 5.95 Å². The topological polar surface area (TPSA) is 56.3 Å². The highest BCUT2D eigenvalue weighted by Gasteiger charge is 1.99. The van der Waals surface area contributed by atoms with Crippen molar-refractivity contribution in [2.75, 3.05) is 24.4 Å². The molecule has 0 aliphatic carbocycles. The van der Waals surface area contributed by atoms with Gasteiger partial charge in [-0.3, -0.25) is 0 Å². The lowest BCUT2D eigenvalue weighted by atomic mass is 10.2. The summed E-state index contributed by atoms with van der Waals surface area (Å²) in [4.78, 5) is 9.62. The molecule has 0 aliphatic heterocycles. The number of para-hydroxylation sites is 2. The molecule has 0 saturated heterocycles. The van der Waals surface area contributed by atoms with Crippen LogP contribution in [0.2, 0.25) is 0 Å². The number of anilines is 2. The summed E-state index contributed by atoms with van der Waals surface area (Å²) < 4.78 is 0. The molecule has 2 N–H and O–H groups in total. The second kappa shape index (κ2) is 5.66. The molecule has 0 atom stereocenters. The minimum Gasteiger partial charge on any atom is -0.378 e. The zero-order valence-electron chi connectivity index (χ0n) is 12.0. The first-order chi connectivity index (χ1) is 10.2. The van der Waals surface area contributed by atoms with Crippen LogP contribution in [0.3, 0.4) is 0 Å². The van der Waals surface area contributed by atoms with Crippen LogP contribution in [-0.2, 0) is 0 Å². The molecule has 106 valence electrons. The van der Waals surface area contributed by atoms with Gasteiger partial charge in [0.15, 0.2) is 0 Å². The SMILES string of the molecule is CN(C)c1ccc(/C=N/Nc2nc3ccccc3[nH]2)cc1. The summed E-state index contributed by atoms with van der Waals surface area (Å²) in [7, 11) is 4.04. The minimum atomic E-state index is 0.636. The number of hydrogen-bond acceptors (Lipinski definition) is 4. The van der Waals surface area contributed by atoms with E-state index in [1.165, 1.54) is 0 Å². The van der Waals surface area contributed by atoms with Crippen LogP contribution in [0.25, 0.3) is 11.0 Å². The third-order valence-electron chi connectivity index (χ3n) is 3.18. The third kappa shape index (κ3) is 3.02. The van der Waals surface area contributed by atoms with E-state index in [-0.39, 0.29) is 0 Å². The van der Waals surface area contributed by atoms with Gasteiger partial charge in [0.1, 0.15) is 0 Å². The second-order valence-electron chi connectivity index (χ2n) is 4.96. The Kier molecular flexibility index (Phi) is 3.55. The molecule has 0 saturated carbocycles. The van der Waals surface area contributed by atoms with E-state index in [4.69, 9.17) is 0 Å². The zero-order valence-corrected chi connectivity index (χ0v) is 12.0. The Hall–Kier alpha value is -2.82. The first-order valence-electron chi connectivity index (χ1n) is 6.73. The number of fused-ring (bicyclic) bond motifs is 1. The smallest absolute Gasteiger partial charge is 0.222 e. The van der Waals surface area contributed by atoms with E-state index in [9.17, 15) is 0 Å². The monoisotopic (exact) mass is 279 g/mol. The van der Waals surface area contributed by atoms with E-state index >= 15 is 0 Å². The molecule has 0 unspecified atom stereocenters. The average molecular weight is 279 g/mol. The summed E-state index contributed by atoms with van der Waals surface area (Å²) >= 11 is 0. The third-order valence-corrected chi connectivity index (χ3v) is 3.18. The molecule has 0 bridgehead atoms. The Morgan fingerprint density at radius 1 is 1.10 bits per heavy atom. The molecule has 5 nitrogen and oxygen atoms in total. The Morgan fingerprint density at radius 2 is 1.86 bits per heavy atom. The fourth-order valence-corrected chi connectivity index (χ4v) is 2.03. The molecule has 0 amide bonds. The van der Waals surface area contributed by atoms with Gasteiger partial charge in [-0.05, 0) is 29.8 Å². The zero-order chi connectivity index (χ0) is 14.7. The standard InChI is InChI=1S/C16H17N5/c1-21(2)13-9-7-12(8-10-13)11-17-20-16-18-14-5-3-4-6-15(14)19-16/h3-11H,1-2H3,(H2,18,19,20)/b17-11+. The van der Waals surface area contributed by atoms with Crippen LogP contribution in [-0.4, -0.2) is 30.3 Å². The summed E-state index contributed by atoms with van der Waals surface area (Å²) in [6.45, 7) is 0. The largest absolute Gasteiger partial charge is 0.378 e. The fraction of sp³-hybridized carbons (Fsp3) is 0.125. The van der Waals surface area contributed by atoms with Crippen molar-refractivity contribution in [3.63, 3.8) is 0 Å². The number of H-pyrrole nitrogens is 1. The second-order valence-corrected chi connectivity index (χ2v) is 4.96. The van der Waals surface area contributed by atoms with Gasteiger partial charge in [-0.25, -0.2) is 10.4 Å². The highest BCUT2D eigenvalue weighted by molar-refractivity contribution is 5.81. The number of rotatable bonds is 4. The number of hydrogen-bond donors (Lipinski definition) is 2. The predicted molar refractivity (Wildman–Crippen MR) is 88.1 cm³/mol. The van der Waals surface area contributed by atoms with E-state index in [1.54, 1.807) is 6.21 Å². The number of benzene rings is 2. The maximum Gasteiger partial charge on any atom is 0.222 e. The van der Waals surface area contributed by atoms with Crippen LogP contribution in [0.5, 0.6) is 0 Å². The summed E-state index contributed by atoms with van der Waals surface area (Å²) in [5.74, 6) is 0.636. The molecule has 0 spiro atoms. The number of imidazole rings is 1. The van der Waals surface area contributed by atoms with Gasteiger partial charge in [-0.1, -0.05) is 24.3 Å². The summed E-state index contributed by atoms with van der Waals surface area (Å²) in [5.41, 5.74) is 7.02. The van der Waals surface area contributed by atoms with Crippen LogP contribution in [0, 0.1) is 0 Å². The summed E-state index contributed by atoms with van der Waals surface area (Å²) in [6.07, 6.45) is 1.77. The quantitative estimate of drug-likeness (QED) is 0.570. The van der Waals surface area contributed by atoms with Crippen molar-refractivity contribution in [3.8, 4) is 0 Å². The Balaban J connectivity index is 1.68. The molecule has 0 fully saturated rings. The number of aromatic amines is 1.